The van der Waals surface area contributed by atoms with Crippen molar-refractivity contribution >= 4 is 23.2 Å². The standard InChI is InChI=1S/C15H18ClN3O/c1-10(2)15(5-6-18-9-15)14(20)19-12-4-3-11(8-17)13(16)7-12/h3-4,7,10,18H,5-6,9H2,1-2H3,(H,19,20). The number of nitriles is 1. The van der Waals surface area contributed by atoms with Crippen LogP contribution in [0.3, 0.4) is 0 Å². The molecule has 0 bridgehead atoms. The minimum atomic E-state index is -0.375. The molecule has 106 valence electrons. The smallest absolute Gasteiger partial charge is 0.232 e. The summed E-state index contributed by atoms with van der Waals surface area (Å²) < 4.78 is 0. The Morgan fingerprint density at radius 3 is 2.80 bits per heavy atom. The third-order valence-corrected chi connectivity index (χ3v) is 4.41. The average molecular weight is 292 g/mol. The number of nitrogens with zero attached hydrogens (tertiary/aromatic N) is 1. The summed E-state index contributed by atoms with van der Waals surface area (Å²) in [5.41, 5.74) is 0.664. The van der Waals surface area contributed by atoms with E-state index in [9.17, 15) is 4.79 Å². The Morgan fingerprint density at radius 1 is 1.55 bits per heavy atom. The molecule has 1 heterocycles. The number of carbonyl (C=O) groups excluding carboxylic acids is 1. The van der Waals surface area contributed by atoms with Crippen LogP contribution in [0.15, 0.2) is 18.2 Å². The van der Waals surface area contributed by atoms with Crippen molar-refractivity contribution in [2.24, 2.45) is 11.3 Å². The van der Waals surface area contributed by atoms with E-state index >= 15 is 0 Å². The Hall–Kier alpha value is -1.57. The molecule has 2 N–H and O–H groups in total. The first-order valence-electron chi connectivity index (χ1n) is 6.71. The van der Waals surface area contributed by atoms with E-state index in [1.165, 1.54) is 0 Å². The van der Waals surface area contributed by atoms with Gasteiger partial charge in [0.25, 0.3) is 0 Å². The van der Waals surface area contributed by atoms with Crippen LogP contribution in [0, 0.1) is 22.7 Å². The minimum Gasteiger partial charge on any atom is -0.326 e. The van der Waals surface area contributed by atoms with Crippen LogP contribution in [0.1, 0.15) is 25.8 Å². The number of rotatable bonds is 3. The number of carbonyl (C=O) groups is 1. The maximum atomic E-state index is 12.6. The molecule has 0 spiro atoms. The Balaban J connectivity index is 2.19. The van der Waals surface area contributed by atoms with Crippen molar-refractivity contribution in [3.05, 3.63) is 28.8 Å². The van der Waals surface area contributed by atoms with E-state index < -0.39 is 0 Å². The van der Waals surface area contributed by atoms with Crippen molar-refractivity contribution < 1.29 is 4.79 Å². The highest BCUT2D eigenvalue weighted by atomic mass is 35.5. The van der Waals surface area contributed by atoms with Gasteiger partial charge in [0.1, 0.15) is 6.07 Å². The highest BCUT2D eigenvalue weighted by molar-refractivity contribution is 6.32. The van der Waals surface area contributed by atoms with Crippen molar-refractivity contribution in [3.63, 3.8) is 0 Å². The van der Waals surface area contributed by atoms with Crippen LogP contribution in [0.2, 0.25) is 5.02 Å². The van der Waals surface area contributed by atoms with E-state index in [4.69, 9.17) is 16.9 Å². The summed E-state index contributed by atoms with van der Waals surface area (Å²) in [6.07, 6.45) is 0.834. The molecule has 0 radical (unpaired) electrons. The second kappa shape index (κ2) is 5.82. The average Bonchev–Trinajstić information content (AvgIpc) is 2.89. The molecule has 0 saturated carbocycles. The minimum absolute atomic E-state index is 0.0123. The molecule has 1 saturated heterocycles. The Kier molecular flexibility index (Phi) is 4.32. The summed E-state index contributed by atoms with van der Waals surface area (Å²) in [6.45, 7) is 5.69. The van der Waals surface area contributed by atoms with Crippen LogP contribution < -0.4 is 10.6 Å². The van der Waals surface area contributed by atoms with Crippen LogP contribution in [0.25, 0.3) is 0 Å². The van der Waals surface area contributed by atoms with E-state index in [1.54, 1.807) is 18.2 Å². The first-order valence-corrected chi connectivity index (χ1v) is 7.09. The number of nitrogens with one attached hydrogen (secondary N) is 2. The summed E-state index contributed by atoms with van der Waals surface area (Å²) in [6, 6.07) is 6.95. The van der Waals surface area contributed by atoms with Gasteiger partial charge < -0.3 is 10.6 Å². The van der Waals surface area contributed by atoms with Crippen LogP contribution in [-0.2, 0) is 4.79 Å². The van der Waals surface area contributed by atoms with E-state index in [0.29, 0.717) is 22.8 Å². The van der Waals surface area contributed by atoms with E-state index in [2.05, 4.69) is 24.5 Å². The molecule has 1 aliphatic rings. The van der Waals surface area contributed by atoms with Gasteiger partial charge in [-0.1, -0.05) is 25.4 Å². The normalized spacial score (nSPS) is 21.8. The van der Waals surface area contributed by atoms with Gasteiger partial charge in [-0.3, -0.25) is 4.79 Å². The molecule has 5 heteroatoms. The van der Waals surface area contributed by atoms with Gasteiger partial charge >= 0.3 is 0 Å². The lowest BCUT2D eigenvalue weighted by atomic mass is 9.75. The molecule has 1 aromatic rings. The van der Waals surface area contributed by atoms with E-state index in [-0.39, 0.29) is 17.2 Å². The third-order valence-electron chi connectivity index (χ3n) is 4.09. The van der Waals surface area contributed by atoms with Crippen LogP contribution in [0.4, 0.5) is 5.69 Å². The summed E-state index contributed by atoms with van der Waals surface area (Å²) >= 11 is 5.98. The highest BCUT2D eigenvalue weighted by Crippen LogP contribution is 2.35. The molecule has 1 aliphatic heterocycles. The van der Waals surface area contributed by atoms with Crippen molar-refractivity contribution in [1.82, 2.24) is 5.32 Å². The topological polar surface area (TPSA) is 64.9 Å². The van der Waals surface area contributed by atoms with Crippen molar-refractivity contribution in [2.45, 2.75) is 20.3 Å². The molecular weight excluding hydrogens is 274 g/mol. The summed E-state index contributed by atoms with van der Waals surface area (Å²) in [5.74, 6) is 0.268. The van der Waals surface area contributed by atoms with Gasteiger partial charge in [-0.05, 0) is 37.1 Å². The molecule has 1 aromatic carbocycles. The highest BCUT2D eigenvalue weighted by Gasteiger charge is 2.43. The first-order chi connectivity index (χ1) is 9.49. The molecule has 0 aliphatic carbocycles. The SMILES string of the molecule is CC(C)C1(C(=O)Nc2ccc(C#N)c(Cl)c2)CCNC1. The number of anilines is 1. The quantitative estimate of drug-likeness (QED) is 0.900. The second-order valence-corrected chi connectivity index (χ2v) is 5.91. The molecule has 1 atom stereocenters. The lowest BCUT2D eigenvalue weighted by Gasteiger charge is -2.31. The van der Waals surface area contributed by atoms with Gasteiger partial charge in [-0.15, -0.1) is 0 Å². The van der Waals surface area contributed by atoms with E-state index in [0.717, 1.165) is 13.0 Å². The summed E-state index contributed by atoms with van der Waals surface area (Å²) in [4.78, 5) is 12.6. The number of hydrogen-bond acceptors (Lipinski definition) is 3. The predicted molar refractivity (Wildman–Crippen MR) is 79.6 cm³/mol. The molecular formula is C15H18ClN3O. The molecule has 20 heavy (non-hydrogen) atoms. The number of hydrogen-bond donors (Lipinski definition) is 2. The Labute approximate surface area is 124 Å². The molecule has 1 unspecified atom stereocenters. The van der Waals surface area contributed by atoms with Gasteiger partial charge in [0.15, 0.2) is 0 Å². The lowest BCUT2D eigenvalue weighted by Crippen LogP contribution is -2.42. The largest absolute Gasteiger partial charge is 0.326 e. The van der Waals surface area contributed by atoms with Crippen LogP contribution >= 0.6 is 11.6 Å². The van der Waals surface area contributed by atoms with E-state index in [1.807, 2.05) is 6.07 Å². The predicted octanol–water partition coefficient (Wildman–Crippen LogP) is 2.79. The van der Waals surface area contributed by atoms with Crippen molar-refractivity contribution in [3.8, 4) is 6.07 Å². The van der Waals surface area contributed by atoms with Crippen molar-refractivity contribution in [1.29, 1.82) is 5.26 Å². The zero-order valence-corrected chi connectivity index (χ0v) is 12.4. The summed E-state index contributed by atoms with van der Waals surface area (Å²) in [5, 5.41) is 15.4. The fourth-order valence-electron chi connectivity index (χ4n) is 2.60. The maximum Gasteiger partial charge on any atom is 0.232 e. The first kappa shape index (κ1) is 14.8. The van der Waals surface area contributed by atoms with Crippen LogP contribution in [0.5, 0.6) is 0 Å². The number of benzene rings is 1. The van der Waals surface area contributed by atoms with Gasteiger partial charge in [-0.25, -0.2) is 0 Å². The third kappa shape index (κ3) is 2.65. The summed E-state index contributed by atoms with van der Waals surface area (Å²) in [7, 11) is 0. The molecule has 0 aromatic heterocycles. The lowest BCUT2D eigenvalue weighted by molar-refractivity contribution is -0.126. The van der Waals surface area contributed by atoms with Gasteiger partial charge in [0.05, 0.1) is 16.0 Å². The molecule has 1 amide bonds. The second-order valence-electron chi connectivity index (χ2n) is 5.50. The molecule has 1 fully saturated rings. The maximum absolute atomic E-state index is 12.6. The van der Waals surface area contributed by atoms with Gasteiger partial charge in [0, 0.05) is 12.2 Å². The van der Waals surface area contributed by atoms with Gasteiger partial charge in [0.2, 0.25) is 5.91 Å². The van der Waals surface area contributed by atoms with Crippen LogP contribution in [-0.4, -0.2) is 19.0 Å². The number of halogens is 1. The molecule has 4 nitrogen and oxygen atoms in total. The molecule has 2 rings (SSSR count). The van der Waals surface area contributed by atoms with Crippen molar-refractivity contribution in [2.75, 3.05) is 18.4 Å². The van der Waals surface area contributed by atoms with Gasteiger partial charge in [-0.2, -0.15) is 5.26 Å². The fourth-order valence-corrected chi connectivity index (χ4v) is 2.82. The monoisotopic (exact) mass is 291 g/mol. The Bertz CT molecular complexity index is 557. The number of amides is 1. The zero-order valence-electron chi connectivity index (χ0n) is 11.7. The Morgan fingerprint density at radius 2 is 2.30 bits per heavy atom. The zero-order chi connectivity index (χ0) is 14.8. The fraction of sp³-hybridized carbons (Fsp3) is 0.467.